The molecule has 1 aromatic heterocycles. The summed E-state index contributed by atoms with van der Waals surface area (Å²) in [6, 6.07) is 77.7. The molecule has 11 aromatic carbocycles. The molecular weight excluding hydrogens is 1490 g/mol. The van der Waals surface area contributed by atoms with Gasteiger partial charge in [0.05, 0.1) is 21.4 Å². The van der Waals surface area contributed by atoms with E-state index in [0.717, 1.165) is 69.5 Å². The lowest BCUT2D eigenvalue weighted by molar-refractivity contribution is -0.131. The Bertz CT molecular complexity index is 5200. The number of nitrogens with zero attached hydrogens (tertiary/aromatic N) is 1. The van der Waals surface area contributed by atoms with Gasteiger partial charge in [-0.25, -0.2) is 13.6 Å². The quantitative estimate of drug-likeness (QED) is 0.0337. The van der Waals surface area contributed by atoms with Crippen LogP contribution in [0.3, 0.4) is 0 Å². The van der Waals surface area contributed by atoms with Gasteiger partial charge in [0.15, 0.2) is 0 Å². The molecule has 0 amide bonds. The van der Waals surface area contributed by atoms with Crippen LogP contribution in [0.5, 0.6) is 28.7 Å². The van der Waals surface area contributed by atoms with Crippen LogP contribution in [0.15, 0.2) is 255 Å². The highest BCUT2D eigenvalue weighted by Crippen LogP contribution is 2.40. The van der Waals surface area contributed by atoms with Crippen LogP contribution in [-0.2, 0) is 11.3 Å². The van der Waals surface area contributed by atoms with E-state index in [2.05, 4.69) is 153 Å². The summed E-state index contributed by atoms with van der Waals surface area (Å²) in [7, 11) is 0. The Balaban J connectivity index is 0.000000189. The molecule has 5 N–H and O–H groups in total. The molecule has 1 aliphatic heterocycles. The summed E-state index contributed by atoms with van der Waals surface area (Å²) in [5, 5.41) is 36.9. The number of aromatic hydroxyl groups is 3. The summed E-state index contributed by atoms with van der Waals surface area (Å²) in [5.74, 6) is 3.20. The smallest absolute Gasteiger partial charge is 0.347 e. The molecule has 0 spiro atoms. The number of halogens is 4. The highest BCUT2D eigenvalue weighted by molar-refractivity contribution is 6.39. The van der Waals surface area contributed by atoms with Gasteiger partial charge in [0, 0.05) is 59.3 Å². The molecule has 608 valence electrons. The number of aromatic nitrogens is 1. The molecule has 0 bridgehead atoms. The van der Waals surface area contributed by atoms with Gasteiger partial charge in [0.1, 0.15) is 45.9 Å². The molecular formula is C101H113Cl2F2N3O8. The number of carbonyl (C=O) groups excluding carboxylic acids is 3. The maximum atomic E-state index is 13.7. The predicted octanol–water partition coefficient (Wildman–Crippen LogP) is 28.6. The second kappa shape index (κ2) is 44.6. The maximum Gasteiger partial charge on any atom is 0.347 e. The molecule has 0 saturated heterocycles. The first-order valence-electron chi connectivity index (χ1n) is 39.6. The molecule has 15 heteroatoms. The zero-order valence-electron chi connectivity index (χ0n) is 70.1. The first-order chi connectivity index (χ1) is 55.2. The van der Waals surface area contributed by atoms with Gasteiger partial charge < -0.3 is 40.0 Å². The third-order valence-corrected chi connectivity index (χ3v) is 20.6. The van der Waals surface area contributed by atoms with Crippen LogP contribution in [0.4, 0.5) is 31.5 Å². The average molecular weight is 1610 g/mol. The number of benzene rings is 11. The molecule has 12 aromatic rings. The monoisotopic (exact) mass is 1600 g/mol. The van der Waals surface area contributed by atoms with E-state index in [1.807, 2.05) is 162 Å². The van der Waals surface area contributed by atoms with Crippen LogP contribution in [0, 0.1) is 38.3 Å². The predicted molar refractivity (Wildman–Crippen MR) is 476 cm³/mol. The number of fused-ring (bicyclic) bond motifs is 1. The number of phenolic OH excluding ortho intramolecular Hbond substituents is 3. The van der Waals surface area contributed by atoms with Crippen LogP contribution in [0.2, 0.25) is 10.0 Å². The first kappa shape index (κ1) is 91.9. The summed E-state index contributed by atoms with van der Waals surface area (Å²) in [5.41, 5.74) is 18.3. The number of esters is 2. The van der Waals surface area contributed by atoms with Gasteiger partial charge in [-0.1, -0.05) is 278 Å². The Labute approximate surface area is 696 Å². The standard InChI is InChI=1S/C17H19NO.C17H21N.C16H17Cl2N.C16H16O3.C15H14F2O.C11H14O2.C9H12O/c1-12(2)14-10-11-18-15(14)8-9-16(18)17(19)13-6-4-3-5-7-13;1-12(2)15-9-5-6-10-17(15)18-16-11-7-8-13(3)14(16)4;1-10(2)12-6-4-5-7-14(12)19-16-13(17)9-8-11(3)15(16)18;1-11(2)12-7-4-6-10-15(12)19-16(18)13-8-3-5-9-14(13)17;1-9(2)13-7-10(3-6-15(13)18)12-5-4-11(16)8-14(12)17;1-8(2)10-6-4-5-7-11(10)13-9(3)12;1-7(2)8-5-3-4-6-9(8)10/h3-9,12,14H,10-11H2,1-2H3;5-12,18H,1-4H3;4-10,19H,1-3H3;3-11,17H,1-2H3;3-9,18H,1-2H3;4-8H,1-3H3;3-7,10H,1-2H3. The Morgan fingerprint density at radius 3 is 1.46 bits per heavy atom. The van der Waals surface area contributed by atoms with Gasteiger partial charge in [-0.05, 0) is 215 Å². The van der Waals surface area contributed by atoms with Crippen molar-refractivity contribution in [3.05, 3.63) is 349 Å². The Hall–Kier alpha value is -11.3. The summed E-state index contributed by atoms with van der Waals surface area (Å²) in [6.07, 6.45) is 1.16. The highest BCUT2D eigenvalue weighted by Gasteiger charge is 2.29. The molecule has 2 heterocycles. The summed E-state index contributed by atoms with van der Waals surface area (Å²) >= 11 is 12.6. The summed E-state index contributed by atoms with van der Waals surface area (Å²) in [4.78, 5) is 35.3. The Morgan fingerprint density at radius 1 is 0.448 bits per heavy atom. The molecule has 0 aliphatic carbocycles. The number of hydrogen-bond donors (Lipinski definition) is 5. The normalized spacial score (nSPS) is 11.8. The molecule has 0 fully saturated rings. The van der Waals surface area contributed by atoms with Crippen LogP contribution in [0.25, 0.3) is 11.1 Å². The van der Waals surface area contributed by atoms with Crippen molar-refractivity contribution in [3.8, 4) is 39.9 Å². The van der Waals surface area contributed by atoms with E-state index in [1.54, 1.807) is 36.4 Å². The van der Waals surface area contributed by atoms with E-state index in [0.29, 0.717) is 73.9 Å². The van der Waals surface area contributed by atoms with Gasteiger partial charge >= 0.3 is 11.9 Å². The minimum Gasteiger partial charge on any atom is -0.508 e. The van der Waals surface area contributed by atoms with Gasteiger partial charge in [-0.15, -0.1) is 0 Å². The van der Waals surface area contributed by atoms with Crippen molar-refractivity contribution >= 4 is 63.7 Å². The second-order valence-electron chi connectivity index (χ2n) is 30.8. The first-order valence-corrected chi connectivity index (χ1v) is 40.4. The average Bonchev–Trinajstić information content (AvgIpc) is 1.60. The van der Waals surface area contributed by atoms with Crippen LogP contribution in [0.1, 0.15) is 234 Å². The molecule has 1 aliphatic rings. The molecule has 0 saturated carbocycles. The van der Waals surface area contributed by atoms with E-state index in [9.17, 15) is 38.5 Å². The van der Waals surface area contributed by atoms with E-state index in [4.69, 9.17) is 32.7 Å². The Morgan fingerprint density at radius 2 is 0.931 bits per heavy atom. The minimum atomic E-state index is -0.601. The van der Waals surface area contributed by atoms with E-state index < -0.39 is 17.6 Å². The fourth-order valence-electron chi connectivity index (χ4n) is 13.2. The van der Waals surface area contributed by atoms with Gasteiger partial charge in [0.2, 0.25) is 5.78 Å². The number of ether oxygens (including phenoxy) is 2. The zero-order valence-corrected chi connectivity index (χ0v) is 71.6. The van der Waals surface area contributed by atoms with E-state index in [-0.39, 0.29) is 40.7 Å². The molecule has 116 heavy (non-hydrogen) atoms. The minimum absolute atomic E-state index is 0.0745. The van der Waals surface area contributed by atoms with Crippen molar-refractivity contribution in [2.24, 2.45) is 5.92 Å². The SMILES string of the molecule is CC(=O)Oc1ccccc1C(C)C.CC(C)C1CCn2c(C(=O)c3ccccc3)ccc21.CC(C)c1cc(-c2ccc(F)cc2F)ccc1O.CC(C)c1ccccc1O.CC(C)c1ccccc1OC(=O)c1ccccc1O.Cc1ccc(Cl)c(Nc2ccccc2C(C)C)c1Cl.Cc1cccc(Nc2ccccc2C(C)C)c1C. The number of aryl methyl sites for hydroxylation is 2. The number of carbonyl (C=O) groups is 3. The molecule has 11 nitrogen and oxygen atoms in total. The van der Waals surface area contributed by atoms with Crippen molar-refractivity contribution in [3.63, 3.8) is 0 Å². The van der Waals surface area contributed by atoms with Crippen molar-refractivity contribution in [1.82, 2.24) is 4.57 Å². The summed E-state index contributed by atoms with van der Waals surface area (Å²) in [6.45, 7) is 38.2. The van der Waals surface area contributed by atoms with Crippen molar-refractivity contribution < 1.29 is 48.0 Å². The number of anilines is 4. The van der Waals surface area contributed by atoms with Crippen molar-refractivity contribution in [2.75, 3.05) is 10.6 Å². The number of hydrogen-bond acceptors (Lipinski definition) is 10. The lowest BCUT2D eigenvalue weighted by Gasteiger charge is -2.17. The van der Waals surface area contributed by atoms with Crippen LogP contribution >= 0.6 is 23.2 Å². The number of nitrogens with one attached hydrogen (secondary N) is 2. The molecule has 1 atom stereocenters. The van der Waals surface area contributed by atoms with Gasteiger partial charge in [-0.3, -0.25) is 9.59 Å². The van der Waals surface area contributed by atoms with Gasteiger partial charge in [-0.2, -0.15) is 0 Å². The molecule has 0 radical (unpaired) electrons. The number of rotatable bonds is 17. The molecule has 13 rings (SSSR count). The number of para-hydroxylation sites is 6. The van der Waals surface area contributed by atoms with Gasteiger partial charge in [0.25, 0.3) is 0 Å². The van der Waals surface area contributed by atoms with Crippen molar-refractivity contribution in [1.29, 1.82) is 0 Å². The Kier molecular flexibility index (Phi) is 35.3. The number of ketones is 1. The largest absolute Gasteiger partial charge is 0.508 e. The van der Waals surface area contributed by atoms with E-state index >= 15 is 0 Å². The third-order valence-electron chi connectivity index (χ3n) is 19.8. The lowest BCUT2D eigenvalue weighted by atomic mass is 9.92. The highest BCUT2D eigenvalue weighted by atomic mass is 35.5. The molecule has 1 unspecified atom stereocenters. The third kappa shape index (κ3) is 26.1. The second-order valence-corrected chi connectivity index (χ2v) is 31.6. The van der Waals surface area contributed by atoms with Crippen LogP contribution < -0.4 is 20.1 Å². The fraction of sp³-hybridized carbons (Fsp3) is 0.277. The topological polar surface area (TPSA) is 159 Å². The van der Waals surface area contributed by atoms with E-state index in [1.165, 1.54) is 76.6 Å². The lowest BCUT2D eigenvalue weighted by Crippen LogP contribution is -2.10. The van der Waals surface area contributed by atoms with Crippen LogP contribution in [-0.4, -0.2) is 37.6 Å². The maximum absolute atomic E-state index is 13.7. The zero-order chi connectivity index (χ0) is 85.0. The van der Waals surface area contributed by atoms with Crippen molar-refractivity contribution in [2.45, 2.75) is 179 Å². The fourth-order valence-corrected chi connectivity index (χ4v) is 13.7. The summed E-state index contributed by atoms with van der Waals surface area (Å²) < 4.78 is 39.2. The number of phenols is 3.